The normalized spacial score (nSPS) is 10.7. The minimum Gasteiger partial charge on any atom is -0.297 e. The van der Waals surface area contributed by atoms with Crippen LogP contribution in [0.4, 0.5) is 4.39 Å². The topological polar surface area (TPSA) is 75.5 Å². The lowest BCUT2D eigenvalue weighted by Gasteiger charge is -2.08. The Hall–Kier alpha value is -2.74. The molecule has 2 aromatic heterocycles. The average Bonchev–Trinajstić information content (AvgIpc) is 3.08. The largest absolute Gasteiger partial charge is 0.297 e. The molecule has 6 nitrogen and oxygen atoms in total. The zero-order valence-corrected chi connectivity index (χ0v) is 13.0. The number of aryl methyl sites for hydroxylation is 1. The van der Waals surface area contributed by atoms with Crippen LogP contribution in [0.5, 0.6) is 0 Å². The SMILES string of the molecule is Cc1ccc(F)cc1C(=O)NNC(=O)Cc1cn2ccsc2n1. The second-order valence-corrected chi connectivity index (χ2v) is 5.84. The molecule has 0 bridgehead atoms. The number of nitrogens with one attached hydrogen (secondary N) is 2. The van der Waals surface area contributed by atoms with Gasteiger partial charge in [-0.1, -0.05) is 6.07 Å². The number of rotatable bonds is 3. The van der Waals surface area contributed by atoms with Crippen LogP contribution >= 0.6 is 11.3 Å². The van der Waals surface area contributed by atoms with Gasteiger partial charge >= 0.3 is 0 Å². The molecule has 118 valence electrons. The van der Waals surface area contributed by atoms with Gasteiger partial charge in [0.2, 0.25) is 5.91 Å². The zero-order valence-electron chi connectivity index (χ0n) is 12.2. The van der Waals surface area contributed by atoms with Crippen LogP contribution in [0.25, 0.3) is 4.96 Å². The number of imidazole rings is 1. The summed E-state index contributed by atoms with van der Waals surface area (Å²) in [5, 5.41) is 1.90. The van der Waals surface area contributed by atoms with Crippen LogP contribution in [0.2, 0.25) is 0 Å². The highest BCUT2D eigenvalue weighted by molar-refractivity contribution is 7.15. The number of nitrogens with zero attached hydrogens (tertiary/aromatic N) is 2. The summed E-state index contributed by atoms with van der Waals surface area (Å²) in [5.74, 6) is -1.48. The van der Waals surface area contributed by atoms with Gasteiger partial charge in [0, 0.05) is 23.3 Å². The van der Waals surface area contributed by atoms with Gasteiger partial charge in [-0.25, -0.2) is 9.37 Å². The van der Waals surface area contributed by atoms with Crippen LogP contribution in [-0.2, 0) is 11.2 Å². The molecule has 0 unspecified atom stereocenters. The smallest absolute Gasteiger partial charge is 0.270 e. The Morgan fingerprint density at radius 3 is 2.96 bits per heavy atom. The predicted molar refractivity (Wildman–Crippen MR) is 83.5 cm³/mol. The molecule has 3 aromatic rings. The van der Waals surface area contributed by atoms with Gasteiger partial charge < -0.3 is 0 Å². The van der Waals surface area contributed by atoms with Crippen molar-refractivity contribution in [3.63, 3.8) is 0 Å². The van der Waals surface area contributed by atoms with E-state index in [4.69, 9.17) is 0 Å². The van der Waals surface area contributed by atoms with Crippen molar-refractivity contribution in [1.82, 2.24) is 20.2 Å². The quantitative estimate of drug-likeness (QED) is 0.719. The molecule has 0 spiro atoms. The Kier molecular flexibility index (Phi) is 4.07. The Morgan fingerprint density at radius 2 is 2.17 bits per heavy atom. The maximum atomic E-state index is 13.2. The molecule has 0 fully saturated rings. The number of thiazole rings is 1. The van der Waals surface area contributed by atoms with E-state index >= 15 is 0 Å². The summed E-state index contributed by atoms with van der Waals surface area (Å²) >= 11 is 1.47. The minimum absolute atomic E-state index is 0.0385. The first-order chi connectivity index (χ1) is 11.0. The number of aromatic nitrogens is 2. The van der Waals surface area contributed by atoms with E-state index in [1.165, 1.54) is 23.5 Å². The summed E-state index contributed by atoms with van der Waals surface area (Å²) < 4.78 is 15.0. The molecular weight excluding hydrogens is 319 g/mol. The van der Waals surface area contributed by atoms with E-state index in [2.05, 4.69) is 15.8 Å². The Balaban J connectivity index is 1.59. The molecular formula is C15H13FN4O2S. The van der Waals surface area contributed by atoms with E-state index in [1.54, 1.807) is 13.1 Å². The number of amides is 2. The van der Waals surface area contributed by atoms with Gasteiger partial charge in [-0.2, -0.15) is 0 Å². The highest BCUT2D eigenvalue weighted by Crippen LogP contribution is 2.12. The summed E-state index contributed by atoms with van der Waals surface area (Å²) in [6, 6.07) is 3.90. The third-order valence-corrected chi connectivity index (χ3v) is 4.02. The van der Waals surface area contributed by atoms with Crippen molar-refractivity contribution in [3.8, 4) is 0 Å². The van der Waals surface area contributed by atoms with Crippen molar-refractivity contribution in [3.05, 3.63) is 58.6 Å². The molecule has 2 heterocycles. The molecule has 0 radical (unpaired) electrons. The molecule has 1 aromatic carbocycles. The van der Waals surface area contributed by atoms with Gasteiger partial charge in [0.25, 0.3) is 5.91 Å². The number of hydrazine groups is 1. The molecule has 0 saturated heterocycles. The number of carbonyl (C=O) groups excluding carboxylic acids is 2. The highest BCUT2D eigenvalue weighted by atomic mass is 32.1. The summed E-state index contributed by atoms with van der Waals surface area (Å²) in [4.78, 5) is 28.9. The molecule has 8 heteroatoms. The number of hydrogen-bond acceptors (Lipinski definition) is 4. The fourth-order valence-corrected chi connectivity index (χ4v) is 2.82. The summed E-state index contributed by atoms with van der Waals surface area (Å²) in [5.41, 5.74) is 5.98. The Bertz CT molecular complexity index is 858. The fourth-order valence-electron chi connectivity index (χ4n) is 2.10. The third kappa shape index (κ3) is 3.37. The number of carbonyl (C=O) groups is 2. The van der Waals surface area contributed by atoms with Crippen LogP contribution in [0.3, 0.4) is 0 Å². The minimum atomic E-state index is -0.568. The van der Waals surface area contributed by atoms with Gasteiger partial charge in [-0.05, 0) is 24.6 Å². The molecule has 2 N–H and O–H groups in total. The van der Waals surface area contributed by atoms with Crippen molar-refractivity contribution in [2.45, 2.75) is 13.3 Å². The van der Waals surface area contributed by atoms with Crippen molar-refractivity contribution >= 4 is 28.1 Å². The van der Waals surface area contributed by atoms with Crippen LogP contribution < -0.4 is 10.9 Å². The lowest BCUT2D eigenvalue weighted by atomic mass is 10.1. The van der Waals surface area contributed by atoms with Gasteiger partial charge in [-0.3, -0.25) is 24.8 Å². The maximum Gasteiger partial charge on any atom is 0.270 e. The van der Waals surface area contributed by atoms with Gasteiger partial charge in [0.15, 0.2) is 4.96 Å². The van der Waals surface area contributed by atoms with E-state index in [-0.39, 0.29) is 12.0 Å². The first kappa shape index (κ1) is 15.2. The van der Waals surface area contributed by atoms with Crippen LogP contribution in [-0.4, -0.2) is 21.2 Å². The molecule has 23 heavy (non-hydrogen) atoms. The molecule has 3 rings (SSSR count). The summed E-state index contributed by atoms with van der Waals surface area (Å²) in [6.45, 7) is 1.69. The number of fused-ring (bicyclic) bond motifs is 1. The van der Waals surface area contributed by atoms with Crippen molar-refractivity contribution in [2.24, 2.45) is 0 Å². The number of hydrogen-bond donors (Lipinski definition) is 2. The van der Waals surface area contributed by atoms with E-state index in [9.17, 15) is 14.0 Å². The molecule has 2 amide bonds. The Morgan fingerprint density at radius 1 is 1.35 bits per heavy atom. The second-order valence-electron chi connectivity index (χ2n) is 4.96. The molecule has 0 aliphatic rings. The summed E-state index contributed by atoms with van der Waals surface area (Å²) in [6.07, 6.45) is 3.64. The standard InChI is InChI=1S/C15H13FN4O2S/c1-9-2-3-10(16)6-12(9)14(22)19-18-13(21)7-11-8-20-4-5-23-15(20)17-11/h2-6,8H,7H2,1H3,(H,18,21)(H,19,22). The van der Waals surface area contributed by atoms with Gasteiger partial charge in [0.1, 0.15) is 5.82 Å². The van der Waals surface area contributed by atoms with Crippen molar-refractivity contribution < 1.29 is 14.0 Å². The monoisotopic (exact) mass is 332 g/mol. The van der Waals surface area contributed by atoms with Crippen molar-refractivity contribution in [2.75, 3.05) is 0 Å². The third-order valence-electron chi connectivity index (χ3n) is 3.24. The van der Waals surface area contributed by atoms with Crippen LogP contribution in [0.15, 0.2) is 36.0 Å². The van der Waals surface area contributed by atoms with E-state index in [0.717, 1.165) is 11.0 Å². The van der Waals surface area contributed by atoms with Crippen LogP contribution in [0.1, 0.15) is 21.6 Å². The first-order valence-electron chi connectivity index (χ1n) is 6.79. The van der Waals surface area contributed by atoms with Crippen LogP contribution in [0, 0.1) is 12.7 Å². The highest BCUT2D eigenvalue weighted by Gasteiger charge is 2.12. The zero-order chi connectivity index (χ0) is 16.4. The molecule has 0 aliphatic heterocycles. The molecule has 0 atom stereocenters. The summed E-state index contributed by atoms with van der Waals surface area (Å²) in [7, 11) is 0. The first-order valence-corrected chi connectivity index (χ1v) is 7.67. The average molecular weight is 332 g/mol. The molecule has 0 saturated carbocycles. The van der Waals surface area contributed by atoms with Gasteiger partial charge in [-0.15, -0.1) is 11.3 Å². The second kappa shape index (κ2) is 6.17. The maximum absolute atomic E-state index is 13.2. The number of halogens is 1. The van der Waals surface area contributed by atoms with Crippen molar-refractivity contribution in [1.29, 1.82) is 0 Å². The van der Waals surface area contributed by atoms with E-state index in [1.807, 2.05) is 16.0 Å². The predicted octanol–water partition coefficient (Wildman–Crippen LogP) is 1.85. The van der Waals surface area contributed by atoms with Gasteiger partial charge in [0.05, 0.1) is 12.1 Å². The molecule has 0 aliphatic carbocycles. The van der Waals surface area contributed by atoms with E-state index < -0.39 is 17.6 Å². The lowest BCUT2D eigenvalue weighted by molar-refractivity contribution is -0.121. The lowest BCUT2D eigenvalue weighted by Crippen LogP contribution is -2.42. The number of benzene rings is 1. The van der Waals surface area contributed by atoms with E-state index in [0.29, 0.717) is 11.3 Å². The Labute approximate surface area is 134 Å². The fraction of sp³-hybridized carbons (Fsp3) is 0.133.